The molecule has 0 aromatic heterocycles. The summed E-state index contributed by atoms with van der Waals surface area (Å²) in [6.45, 7) is -2.23. The smallest absolute Gasteiger partial charge is 0.334 e. The Morgan fingerprint density at radius 2 is 1.83 bits per heavy atom. The quantitative estimate of drug-likeness (QED) is 0.269. The van der Waals surface area contributed by atoms with Crippen molar-refractivity contribution in [2.24, 2.45) is 0 Å². The molecule has 1 unspecified atom stereocenters. The van der Waals surface area contributed by atoms with Crippen LogP contribution in [0.1, 0.15) is 65.0 Å². The van der Waals surface area contributed by atoms with Gasteiger partial charge in [0.05, 0.1) is 13.0 Å². The van der Waals surface area contributed by atoms with Crippen LogP contribution in [0.25, 0.3) is 0 Å². The summed E-state index contributed by atoms with van der Waals surface area (Å²) < 4.78 is 37.6. The lowest BCUT2D eigenvalue weighted by Crippen LogP contribution is -2.41. The molecule has 162 valence electrons. The van der Waals surface area contributed by atoms with Crippen LogP contribution in [0.2, 0.25) is 0 Å². The number of rotatable bonds is 11. The summed E-state index contributed by atoms with van der Waals surface area (Å²) in [6, 6.07) is -0.352. The van der Waals surface area contributed by atoms with E-state index < -0.39 is 36.9 Å². The van der Waals surface area contributed by atoms with E-state index in [-0.39, 0.29) is 63.7 Å². The largest absolute Gasteiger partial charge is 0.355 e. The number of hydrogen-bond acceptors (Lipinski definition) is 7. The maximum absolute atomic E-state index is 12.2. The molecule has 0 radical (unpaired) electrons. The van der Waals surface area contributed by atoms with E-state index in [4.69, 9.17) is 6.85 Å². The monoisotopic (exact) mass is 424 g/mol. The first-order valence-corrected chi connectivity index (χ1v) is 9.64. The normalized spacial score (nSPS) is 23.0. The average molecular weight is 424 g/mol. The minimum absolute atomic E-state index is 0.00947. The molecular formula is C19H30N4O6. The van der Waals surface area contributed by atoms with Gasteiger partial charge in [-0.15, -0.1) is 5.06 Å². The third kappa shape index (κ3) is 7.45. The van der Waals surface area contributed by atoms with Gasteiger partial charge >= 0.3 is 5.97 Å². The highest BCUT2D eigenvalue weighted by Crippen LogP contribution is 2.20. The first-order valence-electron chi connectivity index (χ1n) is 12.1. The Hall–Kier alpha value is -2.49. The summed E-state index contributed by atoms with van der Waals surface area (Å²) in [5.41, 5.74) is 0. The molecule has 29 heavy (non-hydrogen) atoms. The van der Waals surface area contributed by atoms with Crippen molar-refractivity contribution in [3.8, 4) is 0 Å². The summed E-state index contributed by atoms with van der Waals surface area (Å²) in [5, 5.41) is 5.49. The van der Waals surface area contributed by atoms with Gasteiger partial charge in [0.15, 0.2) is 0 Å². The Morgan fingerprint density at radius 3 is 2.55 bits per heavy atom. The lowest BCUT2D eigenvalue weighted by atomic mass is 10.1. The zero-order chi connectivity index (χ0) is 25.5. The second-order valence-corrected chi connectivity index (χ2v) is 6.89. The predicted molar refractivity (Wildman–Crippen MR) is 102 cm³/mol. The fourth-order valence-electron chi connectivity index (χ4n) is 3.21. The fourth-order valence-corrected chi connectivity index (χ4v) is 3.21. The topological polar surface area (TPSA) is 125 Å². The van der Waals surface area contributed by atoms with Crippen molar-refractivity contribution in [3.63, 3.8) is 0 Å². The summed E-state index contributed by atoms with van der Waals surface area (Å²) >= 11 is 0. The van der Waals surface area contributed by atoms with Crippen LogP contribution < -0.4 is 10.6 Å². The highest BCUT2D eigenvalue weighted by Gasteiger charge is 2.32. The van der Waals surface area contributed by atoms with E-state index in [1.165, 1.54) is 0 Å². The maximum Gasteiger partial charge on any atom is 0.334 e. The van der Waals surface area contributed by atoms with Gasteiger partial charge in [-0.3, -0.25) is 24.1 Å². The summed E-state index contributed by atoms with van der Waals surface area (Å²) in [4.78, 5) is 64.9. The van der Waals surface area contributed by atoms with E-state index >= 15 is 0 Å². The molecule has 0 aliphatic carbocycles. The van der Waals surface area contributed by atoms with E-state index in [2.05, 4.69) is 15.5 Å². The third-order valence-corrected chi connectivity index (χ3v) is 4.71. The highest BCUT2D eigenvalue weighted by atomic mass is 16.8. The Balaban J connectivity index is 1.62. The zero-order valence-corrected chi connectivity index (χ0v) is 16.2. The molecule has 0 bridgehead atoms. The molecule has 0 spiro atoms. The van der Waals surface area contributed by atoms with Crippen LogP contribution in [0, 0.1) is 0 Å². The Morgan fingerprint density at radius 1 is 1.14 bits per heavy atom. The molecule has 4 amide bonds. The molecule has 2 heterocycles. The van der Waals surface area contributed by atoms with Crippen molar-refractivity contribution in [1.29, 1.82) is 0 Å². The Bertz CT molecular complexity index is 791. The van der Waals surface area contributed by atoms with Crippen LogP contribution in [0.3, 0.4) is 0 Å². The number of hydroxylamine groups is 2. The first kappa shape index (κ1) is 16.3. The van der Waals surface area contributed by atoms with Gasteiger partial charge in [-0.25, -0.2) is 4.79 Å². The standard InChI is InChI=1S/C19H30N4O6/c1-2-4-14-5-3-12-22(14)13-16(25)21-10-8-15(24)20-11-9-19(28)29-23-17(26)6-7-18(23)27/h14H,2-13H2,1H3,(H,20,24)(H,21,25)/i1D3,2D2,8+1,9+1,10+1,11+1,13+1,15+1,19+1,20+1,21+1. The average Bonchev–Trinajstić information content (AvgIpc) is 3.27. The van der Waals surface area contributed by atoms with Gasteiger partial charge in [-0.2, -0.15) is 0 Å². The van der Waals surface area contributed by atoms with Crippen LogP contribution >= 0.6 is 0 Å². The molecule has 2 rings (SSSR count). The number of hydrogen-bond donors (Lipinski definition) is 2. The number of likely N-dealkylation sites (tertiary alicyclic amines) is 1. The van der Waals surface area contributed by atoms with Gasteiger partial charge < -0.3 is 15.5 Å². The van der Waals surface area contributed by atoms with Crippen molar-refractivity contribution in [2.75, 3.05) is 26.2 Å². The zero-order valence-electron chi connectivity index (χ0n) is 21.2. The van der Waals surface area contributed by atoms with Gasteiger partial charge in [-0.05, 0) is 25.8 Å². The van der Waals surface area contributed by atoms with Crippen molar-refractivity contribution in [2.45, 2.75) is 64.2 Å². The predicted octanol–water partition coefficient (Wildman–Crippen LogP) is -0.129. The van der Waals surface area contributed by atoms with Crippen molar-refractivity contribution >= 4 is 29.6 Å². The molecule has 2 N–H and O–H groups in total. The van der Waals surface area contributed by atoms with Crippen LogP contribution in [-0.4, -0.2) is 71.8 Å². The second-order valence-electron chi connectivity index (χ2n) is 6.89. The molecule has 2 aliphatic rings. The van der Waals surface area contributed by atoms with Gasteiger partial charge in [0.25, 0.3) is 11.8 Å². The fraction of sp³-hybridized carbons (Fsp3) is 0.737. The van der Waals surface area contributed by atoms with Crippen LogP contribution in [-0.2, 0) is 28.8 Å². The molecule has 2 saturated heterocycles. The van der Waals surface area contributed by atoms with Gasteiger partial charge in [0.2, 0.25) is 11.8 Å². The number of carbonyl (C=O) groups is 5. The van der Waals surface area contributed by atoms with E-state index in [9.17, 15) is 24.0 Å². The molecule has 10 nitrogen and oxygen atoms in total. The van der Waals surface area contributed by atoms with E-state index in [0.717, 1.165) is 6.42 Å². The summed E-state index contributed by atoms with van der Waals surface area (Å²) in [5.74, 6) is -2.80. The van der Waals surface area contributed by atoms with E-state index in [0.29, 0.717) is 18.0 Å². The molecule has 0 aromatic rings. The molecule has 2 fully saturated rings. The van der Waals surface area contributed by atoms with E-state index in [1.807, 2.05) is 0 Å². The molecule has 10 heteroatoms. The third-order valence-electron chi connectivity index (χ3n) is 4.71. The minimum atomic E-state index is -2.74. The SMILES string of the molecule is [2H]C([2H])([2H])C([2H])([2H])CC1CCCN1[13CH2]C(=O)[15NH][13CH2][13CH2][13C](=O)[15NH][13CH2][13CH2][13C](=O)ON1C(=O)CCC1=O. The Kier molecular flexibility index (Phi) is 6.47. The molecule has 2 aliphatic heterocycles. The van der Waals surface area contributed by atoms with Crippen LogP contribution in [0.15, 0.2) is 0 Å². The number of imide groups is 1. The van der Waals surface area contributed by atoms with Crippen LogP contribution in [0.4, 0.5) is 0 Å². The number of carbonyl (C=O) groups excluding carboxylic acids is 5. The van der Waals surface area contributed by atoms with Gasteiger partial charge in [0.1, 0.15) is 0 Å². The maximum atomic E-state index is 12.2. The van der Waals surface area contributed by atoms with Gasteiger partial charge in [0, 0.05) is 45.2 Å². The number of amides is 4. The Labute approximate surface area is 177 Å². The summed E-state index contributed by atoms with van der Waals surface area (Å²) in [6.07, 6.45) is -1.50. The van der Waals surface area contributed by atoms with Crippen molar-refractivity contribution in [3.05, 3.63) is 0 Å². The van der Waals surface area contributed by atoms with Crippen molar-refractivity contribution < 1.29 is 35.7 Å². The molecular weight excluding hydrogens is 389 g/mol. The first-order chi connectivity index (χ1) is 15.8. The lowest BCUT2D eigenvalue weighted by Gasteiger charge is -2.23. The molecule has 0 aromatic carbocycles. The molecule has 1 atom stereocenters. The van der Waals surface area contributed by atoms with E-state index in [1.54, 1.807) is 4.90 Å². The molecule has 0 saturated carbocycles. The number of nitrogens with one attached hydrogen (secondary N) is 2. The lowest BCUT2D eigenvalue weighted by molar-refractivity contribution is -0.197. The van der Waals surface area contributed by atoms with Crippen molar-refractivity contribution in [1.82, 2.24) is 20.6 Å². The minimum Gasteiger partial charge on any atom is -0.355 e. The number of nitrogens with zero attached hydrogens (tertiary/aromatic N) is 2. The van der Waals surface area contributed by atoms with Gasteiger partial charge in [-0.1, -0.05) is 13.2 Å². The second kappa shape index (κ2) is 11.5. The van der Waals surface area contributed by atoms with Crippen LogP contribution in [0.5, 0.6) is 0 Å². The highest BCUT2D eigenvalue weighted by molar-refractivity contribution is 6.01. The summed E-state index contributed by atoms with van der Waals surface area (Å²) in [7, 11) is 0.